The van der Waals surface area contributed by atoms with E-state index in [1.807, 2.05) is 24.5 Å². The lowest BCUT2D eigenvalue weighted by atomic mass is 10.1. The van der Waals surface area contributed by atoms with Crippen LogP contribution >= 0.6 is 0 Å². The minimum absolute atomic E-state index is 0.712. The Morgan fingerprint density at radius 2 is 0.537 bits per heavy atom. The smallest absolute Gasteiger partial charge is 0.0703 e. The molecule has 7 heteroatoms. The van der Waals surface area contributed by atoms with Crippen LogP contribution in [-0.4, -0.2) is 14.5 Å². The van der Waals surface area contributed by atoms with Crippen LogP contribution in [0.1, 0.15) is 5.56 Å². The van der Waals surface area contributed by atoms with E-state index in [0.29, 0.717) is 6.54 Å². The van der Waals surface area contributed by atoms with Crippen molar-refractivity contribution >= 4 is 112 Å². The van der Waals surface area contributed by atoms with E-state index in [4.69, 9.17) is 9.97 Å². The summed E-state index contributed by atoms with van der Waals surface area (Å²) >= 11 is 0. The number of rotatable bonds is 14. The number of benzene rings is 11. The molecule has 0 unspecified atom stereocenters. The number of fused-ring (bicyclic) bond motifs is 5. The Kier molecular flexibility index (Phi) is 12.5. The van der Waals surface area contributed by atoms with E-state index < -0.39 is 0 Å². The van der Waals surface area contributed by atoms with Gasteiger partial charge in [0.2, 0.25) is 0 Å². The van der Waals surface area contributed by atoms with Crippen LogP contribution in [0.15, 0.2) is 310 Å². The summed E-state index contributed by atoms with van der Waals surface area (Å²) in [6, 6.07) is 106. The van der Waals surface area contributed by atoms with Gasteiger partial charge in [0.25, 0.3) is 0 Å². The van der Waals surface area contributed by atoms with Crippen LogP contribution in [-0.2, 0) is 6.54 Å². The molecular weight excluding hydrogens is 975 g/mol. The predicted octanol–water partition coefficient (Wildman–Crippen LogP) is 19.8. The van der Waals surface area contributed by atoms with Crippen molar-refractivity contribution in [2.75, 3.05) is 19.6 Å². The Hall–Kier alpha value is -10.8. The quantitative estimate of drug-likeness (QED) is 0.108. The van der Waals surface area contributed by atoms with Gasteiger partial charge >= 0.3 is 0 Å². The second-order valence-electron chi connectivity index (χ2n) is 20.0. The normalized spacial score (nSPS) is 11.3. The Morgan fingerprint density at radius 3 is 0.900 bits per heavy atom. The van der Waals surface area contributed by atoms with Gasteiger partial charge < -0.3 is 24.2 Å². The van der Waals surface area contributed by atoms with Crippen molar-refractivity contribution in [1.29, 1.82) is 0 Å². The molecule has 7 nitrogen and oxygen atoms in total. The summed E-state index contributed by atoms with van der Waals surface area (Å²) in [7, 11) is 0. The van der Waals surface area contributed by atoms with Gasteiger partial charge in [-0.05, 0) is 188 Å². The molecule has 0 aliphatic carbocycles. The molecule has 0 aliphatic heterocycles. The van der Waals surface area contributed by atoms with Crippen molar-refractivity contribution in [2.45, 2.75) is 6.54 Å². The molecule has 380 valence electrons. The molecule has 0 atom stereocenters. The highest BCUT2D eigenvalue weighted by molar-refractivity contribution is 6.11. The van der Waals surface area contributed by atoms with Crippen LogP contribution in [0.2, 0.25) is 0 Å². The molecule has 0 bridgehead atoms. The minimum Gasteiger partial charge on any atom is -0.336 e. The van der Waals surface area contributed by atoms with Crippen LogP contribution in [0, 0.1) is 0 Å². The van der Waals surface area contributed by atoms with Gasteiger partial charge in [0.1, 0.15) is 0 Å². The van der Waals surface area contributed by atoms with E-state index in [9.17, 15) is 0 Å². The average Bonchev–Trinajstić information content (AvgIpc) is 3.90. The zero-order chi connectivity index (χ0) is 53.2. The van der Waals surface area contributed by atoms with Gasteiger partial charge in [-0.3, -0.25) is 9.97 Å². The van der Waals surface area contributed by atoms with E-state index >= 15 is 0 Å². The van der Waals surface area contributed by atoms with Crippen molar-refractivity contribution in [1.82, 2.24) is 14.5 Å². The lowest BCUT2D eigenvalue weighted by molar-refractivity contribution is 0.869. The number of pyridine rings is 2. The summed E-state index contributed by atoms with van der Waals surface area (Å²) in [5.74, 6) is 0. The highest BCUT2D eigenvalue weighted by Crippen LogP contribution is 2.45. The molecule has 3 aromatic heterocycles. The Bertz CT molecular complexity index is 4090. The molecule has 0 N–H and O–H groups in total. The SMILES string of the molecule is c1ccc(Cn2c3ccc(N(c4ccc(N(c5ccccc5)c5ccccc5)cc4)c4ccc5ncccc5c4)cc3c3cc(N(c4ccc(N(c5ccccc5)c5ccccc5)cc4)c4ccc5ncccc5c4)ccc32)cc1. The van der Waals surface area contributed by atoms with Gasteiger partial charge in [-0.25, -0.2) is 0 Å². The first-order valence-electron chi connectivity index (χ1n) is 27.1. The largest absolute Gasteiger partial charge is 0.336 e. The van der Waals surface area contributed by atoms with Crippen molar-refractivity contribution in [3.8, 4) is 0 Å². The van der Waals surface area contributed by atoms with Crippen LogP contribution in [0.5, 0.6) is 0 Å². The third kappa shape index (κ3) is 9.18. The van der Waals surface area contributed by atoms with Gasteiger partial charge in [-0.2, -0.15) is 0 Å². The second kappa shape index (κ2) is 21.0. The van der Waals surface area contributed by atoms with Gasteiger partial charge in [-0.15, -0.1) is 0 Å². The Morgan fingerprint density at radius 1 is 0.250 bits per heavy atom. The van der Waals surface area contributed by atoms with Gasteiger partial charge in [0.05, 0.1) is 11.0 Å². The maximum Gasteiger partial charge on any atom is 0.0703 e. The van der Waals surface area contributed by atoms with Gasteiger partial charge in [-0.1, -0.05) is 115 Å². The molecule has 0 fully saturated rings. The first kappa shape index (κ1) is 47.7. The Labute approximate surface area is 465 Å². The third-order valence-corrected chi connectivity index (χ3v) is 15.0. The van der Waals surface area contributed by atoms with E-state index in [1.54, 1.807) is 0 Å². The first-order chi connectivity index (χ1) is 39.7. The fourth-order valence-electron chi connectivity index (χ4n) is 11.3. The molecule has 80 heavy (non-hydrogen) atoms. The van der Waals surface area contributed by atoms with E-state index in [0.717, 1.165) is 112 Å². The molecule has 0 saturated carbocycles. The predicted molar refractivity (Wildman–Crippen MR) is 334 cm³/mol. The van der Waals surface area contributed by atoms with Crippen LogP contribution in [0.3, 0.4) is 0 Å². The number of hydrogen-bond donors (Lipinski definition) is 0. The molecule has 14 aromatic rings. The average molecular weight is 1030 g/mol. The highest BCUT2D eigenvalue weighted by Gasteiger charge is 2.22. The number of hydrogen-bond acceptors (Lipinski definition) is 6. The standard InChI is InChI=1S/C73H53N7/c1-6-18-53(19-7-1)52-76-72-44-40-66(79(64-38-42-70-54(48-64)20-16-46-74-70)62-34-30-60(31-35-62)77(56-22-8-2-9-23-56)57-24-10-3-11-25-57)50-68(72)69-51-67(41-45-73(69)76)80(65-39-43-71-55(49-65)21-17-47-75-71)63-36-32-61(33-37-63)78(58-26-12-4-13-27-58)59-28-14-5-15-29-59/h1-51H,52H2. The van der Waals surface area contributed by atoms with Crippen LogP contribution in [0.4, 0.5) is 68.2 Å². The first-order valence-corrected chi connectivity index (χ1v) is 27.1. The summed E-state index contributed by atoms with van der Waals surface area (Å²) in [4.78, 5) is 18.8. The number of para-hydroxylation sites is 4. The summed E-state index contributed by atoms with van der Waals surface area (Å²) in [6.07, 6.45) is 3.71. The van der Waals surface area contributed by atoms with Gasteiger partial charge in [0.15, 0.2) is 0 Å². The van der Waals surface area contributed by atoms with Crippen molar-refractivity contribution in [3.63, 3.8) is 0 Å². The van der Waals surface area contributed by atoms with Crippen molar-refractivity contribution < 1.29 is 0 Å². The molecule has 0 amide bonds. The molecule has 0 radical (unpaired) electrons. The fourth-order valence-corrected chi connectivity index (χ4v) is 11.3. The fraction of sp³-hybridized carbons (Fsp3) is 0.0137. The zero-order valence-corrected chi connectivity index (χ0v) is 43.8. The third-order valence-electron chi connectivity index (χ3n) is 15.0. The topological polar surface area (TPSA) is 43.7 Å². The van der Waals surface area contributed by atoms with Crippen LogP contribution in [0.25, 0.3) is 43.6 Å². The summed E-state index contributed by atoms with van der Waals surface area (Å²) in [5.41, 5.74) is 18.1. The molecule has 0 saturated heterocycles. The number of nitrogens with zero attached hydrogens (tertiary/aromatic N) is 7. The Balaban J connectivity index is 0.938. The van der Waals surface area contributed by atoms with E-state index in [-0.39, 0.29) is 0 Å². The molecule has 11 aromatic carbocycles. The lowest BCUT2D eigenvalue weighted by Crippen LogP contribution is -2.12. The molecule has 3 heterocycles. The van der Waals surface area contributed by atoms with Crippen molar-refractivity contribution in [2.24, 2.45) is 0 Å². The molecule has 0 aliphatic rings. The lowest BCUT2D eigenvalue weighted by Gasteiger charge is -2.28. The van der Waals surface area contributed by atoms with Gasteiger partial charge in [0, 0.05) is 120 Å². The second-order valence-corrected chi connectivity index (χ2v) is 20.0. The van der Waals surface area contributed by atoms with E-state index in [2.05, 4.69) is 309 Å². The maximum absolute atomic E-state index is 4.71. The maximum atomic E-state index is 4.71. The minimum atomic E-state index is 0.712. The summed E-state index contributed by atoms with van der Waals surface area (Å²) in [6.45, 7) is 0.712. The summed E-state index contributed by atoms with van der Waals surface area (Å²) in [5, 5.41) is 4.44. The molecule has 14 rings (SSSR count). The number of aromatic nitrogens is 3. The molecular formula is C73H53N7. The highest BCUT2D eigenvalue weighted by atomic mass is 15.2. The molecule has 0 spiro atoms. The summed E-state index contributed by atoms with van der Waals surface area (Å²) < 4.78 is 2.47. The zero-order valence-electron chi connectivity index (χ0n) is 43.8. The number of anilines is 12. The van der Waals surface area contributed by atoms with E-state index in [1.165, 1.54) is 5.56 Å². The monoisotopic (exact) mass is 1030 g/mol. The van der Waals surface area contributed by atoms with Crippen molar-refractivity contribution in [3.05, 3.63) is 315 Å². The van der Waals surface area contributed by atoms with Crippen LogP contribution < -0.4 is 19.6 Å².